The minimum atomic E-state index is -1.03. The first kappa shape index (κ1) is 23.4. The van der Waals surface area contributed by atoms with Crippen LogP contribution in [-0.2, 0) is 19.1 Å². The van der Waals surface area contributed by atoms with E-state index in [-0.39, 0.29) is 37.0 Å². The van der Waals surface area contributed by atoms with Gasteiger partial charge in [0.1, 0.15) is 12.6 Å². The van der Waals surface area contributed by atoms with Gasteiger partial charge in [0, 0.05) is 30.9 Å². The number of nitrogens with one attached hydrogen (secondary N) is 1. The van der Waals surface area contributed by atoms with E-state index in [0.717, 1.165) is 22.3 Å². The van der Waals surface area contributed by atoms with Crippen molar-refractivity contribution in [2.75, 3.05) is 13.2 Å². The number of carboxylic acid groups (broad SMARTS) is 1. The van der Waals surface area contributed by atoms with E-state index in [1.165, 1.54) is 4.90 Å². The first-order valence-electron chi connectivity index (χ1n) is 12.0. The molecule has 2 saturated heterocycles. The van der Waals surface area contributed by atoms with Gasteiger partial charge in [0.05, 0.1) is 12.1 Å². The molecule has 2 N–H and O–H groups in total. The van der Waals surface area contributed by atoms with Gasteiger partial charge < -0.3 is 24.8 Å². The zero-order valence-electron chi connectivity index (χ0n) is 19.9. The van der Waals surface area contributed by atoms with E-state index in [1.807, 2.05) is 24.3 Å². The van der Waals surface area contributed by atoms with E-state index in [9.17, 15) is 19.5 Å². The highest BCUT2D eigenvalue weighted by atomic mass is 16.5. The second-order valence-corrected chi connectivity index (χ2v) is 10.2. The van der Waals surface area contributed by atoms with E-state index in [1.54, 1.807) is 13.8 Å². The Bertz CT molecular complexity index is 1120. The fourth-order valence-electron chi connectivity index (χ4n) is 5.75. The number of carbonyl (C=O) groups excluding carboxylic acids is 2. The minimum Gasteiger partial charge on any atom is -0.480 e. The number of carboxylic acids is 1. The molecule has 184 valence electrons. The summed E-state index contributed by atoms with van der Waals surface area (Å²) in [6.07, 6.45) is 0.0394. The molecule has 5 rings (SSSR count). The number of alkyl carbamates (subject to hydrolysis) is 1. The Kier molecular flexibility index (Phi) is 6.01. The van der Waals surface area contributed by atoms with Gasteiger partial charge in [0.15, 0.2) is 0 Å². The number of hydrogen-bond acceptors (Lipinski definition) is 5. The summed E-state index contributed by atoms with van der Waals surface area (Å²) in [6.45, 7) is 4.17. The Morgan fingerprint density at radius 1 is 1.09 bits per heavy atom. The third-order valence-corrected chi connectivity index (χ3v) is 7.27. The van der Waals surface area contributed by atoms with Crippen LogP contribution in [0.15, 0.2) is 48.5 Å². The summed E-state index contributed by atoms with van der Waals surface area (Å²) in [4.78, 5) is 39.1. The van der Waals surface area contributed by atoms with Gasteiger partial charge in [-0.2, -0.15) is 0 Å². The van der Waals surface area contributed by atoms with E-state index >= 15 is 0 Å². The van der Waals surface area contributed by atoms with Crippen LogP contribution < -0.4 is 5.32 Å². The molecule has 0 radical (unpaired) electrons. The second-order valence-electron chi connectivity index (χ2n) is 10.2. The molecule has 2 aliphatic heterocycles. The molecule has 2 aromatic rings. The average Bonchev–Trinajstić information content (AvgIpc) is 3.48. The Morgan fingerprint density at radius 3 is 2.34 bits per heavy atom. The monoisotopic (exact) mass is 478 g/mol. The SMILES string of the molecule is CC(C)(CC(=O)N1C(C(=O)O)C[C@H]2OCC[C@H]21)NC(=O)OCC1c2ccccc2-c2ccccc21. The van der Waals surface area contributed by atoms with Crippen LogP contribution in [0.1, 0.15) is 50.2 Å². The summed E-state index contributed by atoms with van der Waals surface area (Å²) in [5, 5.41) is 12.4. The molecule has 0 aromatic heterocycles. The molecule has 0 saturated carbocycles. The van der Waals surface area contributed by atoms with Crippen molar-refractivity contribution in [3.63, 3.8) is 0 Å². The Morgan fingerprint density at radius 2 is 1.71 bits per heavy atom. The van der Waals surface area contributed by atoms with Crippen molar-refractivity contribution in [2.24, 2.45) is 0 Å². The van der Waals surface area contributed by atoms with E-state index in [4.69, 9.17) is 9.47 Å². The van der Waals surface area contributed by atoms with Crippen LogP contribution in [0.4, 0.5) is 4.79 Å². The van der Waals surface area contributed by atoms with E-state index < -0.39 is 23.6 Å². The van der Waals surface area contributed by atoms with Gasteiger partial charge in [-0.1, -0.05) is 48.5 Å². The molecule has 3 atom stereocenters. The standard InChI is InChI=1S/C27H30N2O6/c1-27(2,14-24(30)29-21-11-12-34-23(21)13-22(29)25(31)32)28-26(33)35-15-20-18-9-5-3-7-16(18)17-8-4-6-10-19(17)20/h3-10,20-23H,11-15H2,1-2H3,(H,28,33)(H,31,32)/t21-,22?,23-/m1/s1. The molecular formula is C27H30N2O6. The third-order valence-electron chi connectivity index (χ3n) is 7.27. The number of hydrogen-bond donors (Lipinski definition) is 2. The molecule has 3 aliphatic rings. The summed E-state index contributed by atoms with van der Waals surface area (Å²) >= 11 is 0. The number of fused-ring (bicyclic) bond motifs is 4. The molecule has 2 fully saturated rings. The zero-order valence-corrected chi connectivity index (χ0v) is 19.9. The van der Waals surface area contributed by atoms with Crippen molar-refractivity contribution in [3.8, 4) is 11.1 Å². The van der Waals surface area contributed by atoms with Crippen LogP contribution in [0.25, 0.3) is 11.1 Å². The number of amides is 2. The van der Waals surface area contributed by atoms with E-state index in [0.29, 0.717) is 19.4 Å². The van der Waals surface area contributed by atoms with Gasteiger partial charge in [-0.05, 0) is 42.5 Å². The number of benzene rings is 2. The Balaban J connectivity index is 1.22. The minimum absolute atomic E-state index is 0.0375. The smallest absolute Gasteiger partial charge is 0.407 e. The van der Waals surface area contributed by atoms with Crippen molar-refractivity contribution in [3.05, 3.63) is 59.7 Å². The Hall–Kier alpha value is -3.39. The van der Waals surface area contributed by atoms with Gasteiger partial charge in [0.25, 0.3) is 0 Å². The first-order chi connectivity index (χ1) is 16.7. The largest absolute Gasteiger partial charge is 0.480 e. The maximum Gasteiger partial charge on any atom is 0.407 e. The second kappa shape index (κ2) is 9.00. The molecule has 8 nitrogen and oxygen atoms in total. The van der Waals surface area contributed by atoms with Gasteiger partial charge in [0.2, 0.25) is 5.91 Å². The predicted octanol–water partition coefficient (Wildman–Crippen LogP) is 3.54. The molecule has 35 heavy (non-hydrogen) atoms. The number of likely N-dealkylation sites (tertiary alicyclic amines) is 1. The molecule has 0 spiro atoms. The number of aliphatic carboxylic acids is 1. The fraction of sp³-hybridized carbons (Fsp3) is 0.444. The third kappa shape index (κ3) is 4.38. The van der Waals surface area contributed by atoms with Crippen molar-refractivity contribution < 1.29 is 29.0 Å². The molecule has 2 aromatic carbocycles. The maximum absolute atomic E-state index is 13.2. The van der Waals surface area contributed by atoms with Crippen LogP contribution in [0.5, 0.6) is 0 Å². The van der Waals surface area contributed by atoms with Gasteiger partial charge in [-0.15, -0.1) is 0 Å². The first-order valence-corrected chi connectivity index (χ1v) is 12.0. The van der Waals surface area contributed by atoms with Crippen LogP contribution in [0, 0.1) is 0 Å². The average molecular weight is 479 g/mol. The van der Waals surface area contributed by atoms with E-state index in [2.05, 4.69) is 29.6 Å². The number of ether oxygens (including phenoxy) is 2. The molecule has 8 heteroatoms. The van der Waals surface area contributed by atoms with Crippen molar-refractivity contribution in [2.45, 2.75) is 62.8 Å². The quantitative estimate of drug-likeness (QED) is 0.658. The molecule has 2 amide bonds. The Labute approximate surface area is 204 Å². The van der Waals surface area contributed by atoms with Crippen LogP contribution in [-0.4, -0.2) is 64.9 Å². The number of rotatable bonds is 6. The summed E-state index contributed by atoms with van der Waals surface area (Å²) in [5.41, 5.74) is 3.63. The summed E-state index contributed by atoms with van der Waals surface area (Å²) < 4.78 is 11.2. The lowest BCUT2D eigenvalue weighted by Crippen LogP contribution is -2.51. The fourth-order valence-corrected chi connectivity index (χ4v) is 5.75. The molecule has 0 bridgehead atoms. The van der Waals surface area contributed by atoms with Crippen molar-refractivity contribution >= 4 is 18.0 Å². The highest BCUT2D eigenvalue weighted by Gasteiger charge is 2.50. The molecule has 2 heterocycles. The summed E-state index contributed by atoms with van der Waals surface area (Å²) in [5.74, 6) is -1.39. The summed E-state index contributed by atoms with van der Waals surface area (Å²) in [6, 6.07) is 15.1. The van der Waals surface area contributed by atoms with Crippen molar-refractivity contribution in [1.29, 1.82) is 0 Å². The molecular weight excluding hydrogens is 448 g/mol. The highest BCUT2D eigenvalue weighted by molar-refractivity contribution is 5.86. The number of nitrogens with zero attached hydrogens (tertiary/aromatic N) is 1. The zero-order chi connectivity index (χ0) is 24.7. The lowest BCUT2D eigenvalue weighted by atomic mass is 9.98. The lowest BCUT2D eigenvalue weighted by molar-refractivity contribution is -0.150. The predicted molar refractivity (Wildman–Crippen MR) is 128 cm³/mol. The molecule has 1 aliphatic carbocycles. The van der Waals surface area contributed by atoms with Crippen LogP contribution in [0.2, 0.25) is 0 Å². The van der Waals surface area contributed by atoms with Crippen LogP contribution in [0.3, 0.4) is 0 Å². The van der Waals surface area contributed by atoms with Crippen LogP contribution >= 0.6 is 0 Å². The topological polar surface area (TPSA) is 105 Å². The van der Waals surface area contributed by atoms with Gasteiger partial charge in [-0.25, -0.2) is 9.59 Å². The maximum atomic E-state index is 13.2. The lowest BCUT2D eigenvalue weighted by Gasteiger charge is -2.32. The highest BCUT2D eigenvalue weighted by Crippen LogP contribution is 2.44. The van der Waals surface area contributed by atoms with Gasteiger partial charge in [-0.3, -0.25) is 4.79 Å². The van der Waals surface area contributed by atoms with Gasteiger partial charge >= 0.3 is 12.1 Å². The molecule has 1 unspecified atom stereocenters. The van der Waals surface area contributed by atoms with Crippen molar-refractivity contribution in [1.82, 2.24) is 10.2 Å². The summed E-state index contributed by atoms with van der Waals surface area (Å²) in [7, 11) is 0. The normalized spacial score (nSPS) is 22.9. The number of carbonyl (C=O) groups is 3.